The molecule has 0 atom stereocenters. The SMILES string of the molecule is CC1=[C-]C(C)(C)C(C)=C1C.[C-]1=CC=CC1.[C-]1=CC=CC1.[Cl-].[Cl-].[Zr+2]. The molecule has 0 saturated heterocycles. The molecule has 3 aliphatic rings. The summed E-state index contributed by atoms with van der Waals surface area (Å²) in [5.41, 5.74) is 4.39. The number of hydrogen-bond donors (Lipinski definition) is 0. The van der Waals surface area contributed by atoms with E-state index in [1.54, 1.807) is 0 Å². The summed E-state index contributed by atoms with van der Waals surface area (Å²) in [5, 5.41) is 0. The van der Waals surface area contributed by atoms with Gasteiger partial charge in [-0.2, -0.15) is 23.3 Å². The third kappa shape index (κ3) is 10.4. The minimum Gasteiger partial charge on any atom is -1.00 e. The standard InChI is InChI=1S/C10H15.2C5H5.2ClH.Zr/c1-7-6-10(4,5)9(3)8(7)2;2*1-2-4-5-3-1;;;/h1-5H3;2*1-3H,4H2;2*1H;/q3*-1;;;+2/p-2. The van der Waals surface area contributed by atoms with E-state index in [1.165, 1.54) is 16.7 Å². The molecular weight excluding hydrogens is 402 g/mol. The van der Waals surface area contributed by atoms with Gasteiger partial charge in [-0.15, -0.1) is 19.8 Å². The predicted octanol–water partition coefficient (Wildman–Crippen LogP) is -0.271. The maximum absolute atomic E-state index is 3.44. The molecule has 3 heteroatoms. The van der Waals surface area contributed by atoms with Crippen molar-refractivity contribution in [2.75, 3.05) is 0 Å². The minimum atomic E-state index is 0. The summed E-state index contributed by atoms with van der Waals surface area (Å²) in [5.74, 6) is 0. The van der Waals surface area contributed by atoms with Gasteiger partial charge in [-0.05, 0) is 0 Å². The molecule has 0 N–H and O–H groups in total. The molecule has 0 aromatic rings. The van der Waals surface area contributed by atoms with E-state index in [0.717, 1.165) is 12.8 Å². The molecular formula is C20H25Cl2Zr-3. The van der Waals surface area contributed by atoms with Crippen LogP contribution in [0.1, 0.15) is 47.5 Å². The summed E-state index contributed by atoms with van der Waals surface area (Å²) in [7, 11) is 0. The van der Waals surface area contributed by atoms with Crippen LogP contribution in [0, 0.1) is 23.6 Å². The molecule has 0 nitrogen and oxygen atoms in total. The first-order chi connectivity index (χ1) is 9.45. The third-order valence-electron chi connectivity index (χ3n) is 3.73. The van der Waals surface area contributed by atoms with Crippen LogP contribution >= 0.6 is 0 Å². The Bertz CT molecular complexity index is 462. The van der Waals surface area contributed by atoms with Crippen molar-refractivity contribution in [3.05, 3.63) is 71.4 Å². The predicted molar refractivity (Wildman–Crippen MR) is 87.7 cm³/mol. The Labute approximate surface area is 174 Å². The van der Waals surface area contributed by atoms with Crippen molar-refractivity contribution in [3.8, 4) is 0 Å². The Hall–Kier alpha value is -0.0969. The monoisotopic (exact) mass is 425 g/mol. The van der Waals surface area contributed by atoms with E-state index in [4.69, 9.17) is 0 Å². The van der Waals surface area contributed by atoms with Gasteiger partial charge in [-0.25, -0.2) is 29.9 Å². The fourth-order valence-corrected chi connectivity index (χ4v) is 2.09. The topological polar surface area (TPSA) is 0 Å². The zero-order valence-corrected chi connectivity index (χ0v) is 18.6. The number of hydrogen-bond acceptors (Lipinski definition) is 0. The van der Waals surface area contributed by atoms with Crippen molar-refractivity contribution in [2.45, 2.75) is 47.5 Å². The first-order valence-corrected chi connectivity index (χ1v) is 7.18. The second kappa shape index (κ2) is 14.3. The molecule has 0 aromatic carbocycles. The van der Waals surface area contributed by atoms with Crippen molar-refractivity contribution in [2.24, 2.45) is 5.41 Å². The van der Waals surface area contributed by atoms with E-state index in [0.29, 0.717) is 0 Å². The fraction of sp³-hybridized carbons (Fsp3) is 0.400. The van der Waals surface area contributed by atoms with Crippen LogP contribution in [0.5, 0.6) is 0 Å². The molecule has 0 heterocycles. The third-order valence-corrected chi connectivity index (χ3v) is 3.73. The summed E-state index contributed by atoms with van der Waals surface area (Å²) in [6.45, 7) is 10.9. The smallest absolute Gasteiger partial charge is 1.00 e. The molecule has 0 unspecified atom stereocenters. The van der Waals surface area contributed by atoms with Crippen LogP contribution in [0.25, 0.3) is 0 Å². The molecule has 126 valence electrons. The quantitative estimate of drug-likeness (QED) is 0.467. The maximum atomic E-state index is 3.44. The number of allylic oxidation sites excluding steroid dienone is 12. The zero-order valence-electron chi connectivity index (χ0n) is 14.6. The Balaban J connectivity index is -0.000000265. The Morgan fingerprint density at radius 1 is 0.870 bits per heavy atom. The molecule has 0 bridgehead atoms. The van der Waals surface area contributed by atoms with Crippen LogP contribution in [0.2, 0.25) is 0 Å². The van der Waals surface area contributed by atoms with Gasteiger partial charge in [0.2, 0.25) is 0 Å². The van der Waals surface area contributed by atoms with E-state index >= 15 is 0 Å². The first kappa shape index (κ1) is 27.7. The zero-order chi connectivity index (χ0) is 15.0. The Morgan fingerprint density at radius 2 is 1.30 bits per heavy atom. The van der Waals surface area contributed by atoms with Gasteiger partial charge in [0.25, 0.3) is 0 Å². The van der Waals surface area contributed by atoms with Gasteiger partial charge in [0.1, 0.15) is 0 Å². The first-order valence-electron chi connectivity index (χ1n) is 7.18. The second-order valence-corrected chi connectivity index (χ2v) is 5.63. The van der Waals surface area contributed by atoms with Crippen LogP contribution in [0.3, 0.4) is 0 Å². The normalized spacial score (nSPS) is 17.9. The maximum Gasteiger partial charge on any atom is 2.00 e. The molecule has 0 aliphatic heterocycles. The molecule has 3 aliphatic carbocycles. The molecule has 3 rings (SSSR count). The van der Waals surface area contributed by atoms with Gasteiger partial charge in [-0.1, -0.05) is 33.1 Å². The van der Waals surface area contributed by atoms with Crippen LogP contribution in [-0.2, 0) is 26.2 Å². The van der Waals surface area contributed by atoms with Crippen LogP contribution < -0.4 is 24.8 Å². The molecule has 23 heavy (non-hydrogen) atoms. The molecule has 0 amide bonds. The van der Waals surface area contributed by atoms with Crippen molar-refractivity contribution in [1.29, 1.82) is 0 Å². The molecule has 0 radical (unpaired) electrons. The van der Waals surface area contributed by atoms with Gasteiger partial charge in [0, 0.05) is 0 Å². The number of halogens is 2. The largest absolute Gasteiger partial charge is 2.00 e. The average molecular weight is 428 g/mol. The van der Waals surface area contributed by atoms with Gasteiger partial charge in [0.15, 0.2) is 0 Å². The van der Waals surface area contributed by atoms with E-state index in [-0.39, 0.29) is 56.4 Å². The van der Waals surface area contributed by atoms with Crippen molar-refractivity contribution in [1.82, 2.24) is 0 Å². The molecule has 0 saturated carbocycles. The van der Waals surface area contributed by atoms with Gasteiger partial charge < -0.3 is 24.8 Å². The molecule has 0 aromatic heterocycles. The summed E-state index contributed by atoms with van der Waals surface area (Å²) < 4.78 is 0. The van der Waals surface area contributed by atoms with Crippen molar-refractivity contribution < 1.29 is 51.0 Å². The van der Waals surface area contributed by atoms with E-state index in [2.05, 4.69) is 65.0 Å². The van der Waals surface area contributed by atoms with Crippen molar-refractivity contribution >= 4 is 0 Å². The second-order valence-electron chi connectivity index (χ2n) is 5.63. The van der Waals surface area contributed by atoms with Gasteiger partial charge in [0.05, 0.1) is 0 Å². The molecule has 0 fully saturated rings. The summed E-state index contributed by atoms with van der Waals surface area (Å²) in [6.07, 6.45) is 23.4. The molecule has 0 spiro atoms. The fourth-order valence-electron chi connectivity index (χ4n) is 2.09. The van der Waals surface area contributed by atoms with E-state index in [1.807, 2.05) is 24.3 Å². The summed E-state index contributed by atoms with van der Waals surface area (Å²) in [6, 6.07) is 0. The van der Waals surface area contributed by atoms with E-state index in [9.17, 15) is 0 Å². The van der Waals surface area contributed by atoms with Gasteiger partial charge >= 0.3 is 26.2 Å². The summed E-state index contributed by atoms with van der Waals surface area (Å²) >= 11 is 0. The minimum absolute atomic E-state index is 0. The van der Waals surface area contributed by atoms with Crippen LogP contribution in [0.15, 0.2) is 53.2 Å². The van der Waals surface area contributed by atoms with E-state index < -0.39 is 0 Å². The van der Waals surface area contributed by atoms with Crippen molar-refractivity contribution in [3.63, 3.8) is 0 Å². The number of rotatable bonds is 0. The van der Waals surface area contributed by atoms with Crippen LogP contribution in [0.4, 0.5) is 0 Å². The summed E-state index contributed by atoms with van der Waals surface area (Å²) in [4.78, 5) is 0. The Morgan fingerprint density at radius 3 is 1.39 bits per heavy atom. The van der Waals surface area contributed by atoms with Gasteiger partial charge in [-0.3, -0.25) is 18.2 Å². The Kier molecular flexibility index (Phi) is 17.2. The average Bonchev–Trinajstić information content (AvgIpc) is 3.14. The van der Waals surface area contributed by atoms with Crippen LogP contribution in [-0.4, -0.2) is 0 Å².